The molecule has 6 nitrogen and oxygen atoms in total. The first-order valence-electron chi connectivity index (χ1n) is 5.81. The van der Waals surface area contributed by atoms with Crippen molar-refractivity contribution in [1.29, 1.82) is 0 Å². The average Bonchev–Trinajstić information content (AvgIpc) is 3.04. The molecular weight excluding hydrogens is 230 g/mol. The first-order valence-corrected chi connectivity index (χ1v) is 5.81. The van der Waals surface area contributed by atoms with Crippen LogP contribution in [0.5, 0.6) is 0 Å². The second-order valence-electron chi connectivity index (χ2n) is 3.97. The number of nitrogens with zero attached hydrogens (tertiary/aromatic N) is 4. The van der Waals surface area contributed by atoms with Gasteiger partial charge in [0.05, 0.1) is 11.7 Å². The first-order chi connectivity index (χ1) is 8.93. The van der Waals surface area contributed by atoms with E-state index in [0.29, 0.717) is 0 Å². The third-order valence-corrected chi connectivity index (χ3v) is 2.75. The molecular formula is C12H13N5O. The summed E-state index contributed by atoms with van der Waals surface area (Å²) in [6.45, 7) is 1.59. The Morgan fingerprint density at radius 3 is 3.22 bits per heavy atom. The Labute approximate surface area is 104 Å². The predicted octanol–water partition coefficient (Wildman–Crippen LogP) is 1.05. The van der Waals surface area contributed by atoms with E-state index < -0.39 is 0 Å². The molecule has 3 aromatic heterocycles. The zero-order chi connectivity index (χ0) is 12.2. The number of rotatable bonds is 5. The van der Waals surface area contributed by atoms with E-state index in [1.165, 1.54) is 12.0 Å². The van der Waals surface area contributed by atoms with Gasteiger partial charge in [-0.05, 0) is 12.1 Å². The van der Waals surface area contributed by atoms with Crippen LogP contribution >= 0.6 is 0 Å². The topological polar surface area (TPSA) is 68.2 Å². The first kappa shape index (κ1) is 10.9. The maximum atomic E-state index is 4.67. The van der Waals surface area contributed by atoms with Crippen molar-refractivity contribution in [2.45, 2.75) is 13.0 Å². The maximum Gasteiger partial charge on any atom is 0.213 e. The van der Waals surface area contributed by atoms with Crippen molar-refractivity contribution in [2.24, 2.45) is 0 Å². The lowest BCUT2D eigenvalue weighted by molar-refractivity contribution is 0.409. The molecule has 1 N–H and O–H groups in total. The van der Waals surface area contributed by atoms with E-state index >= 15 is 0 Å². The lowest BCUT2D eigenvalue weighted by Gasteiger charge is -2.01. The summed E-state index contributed by atoms with van der Waals surface area (Å²) in [4.78, 5) is 3.97. The van der Waals surface area contributed by atoms with Crippen molar-refractivity contribution >= 4 is 5.52 Å². The Morgan fingerprint density at radius 1 is 1.33 bits per heavy atom. The van der Waals surface area contributed by atoms with Crippen LogP contribution in [0.1, 0.15) is 11.4 Å². The molecule has 3 rings (SSSR count). The number of hydrogen-bond donors (Lipinski definition) is 1. The van der Waals surface area contributed by atoms with Gasteiger partial charge in [0.1, 0.15) is 0 Å². The van der Waals surface area contributed by atoms with Crippen LogP contribution in [0, 0.1) is 0 Å². The van der Waals surface area contributed by atoms with Crippen molar-refractivity contribution in [3.05, 3.63) is 48.4 Å². The van der Waals surface area contributed by atoms with Crippen LogP contribution in [0.2, 0.25) is 0 Å². The van der Waals surface area contributed by atoms with E-state index in [2.05, 4.69) is 31.1 Å². The van der Waals surface area contributed by atoms with Crippen LogP contribution in [-0.4, -0.2) is 26.3 Å². The van der Waals surface area contributed by atoms with E-state index in [9.17, 15) is 0 Å². The highest BCUT2D eigenvalue weighted by Crippen LogP contribution is 2.09. The van der Waals surface area contributed by atoms with Crippen LogP contribution < -0.4 is 5.32 Å². The minimum absolute atomic E-state index is 0.724. The van der Waals surface area contributed by atoms with Crippen molar-refractivity contribution in [3.63, 3.8) is 0 Å². The fourth-order valence-electron chi connectivity index (χ4n) is 1.85. The van der Waals surface area contributed by atoms with Gasteiger partial charge in [-0.1, -0.05) is 11.2 Å². The second-order valence-corrected chi connectivity index (χ2v) is 3.97. The Kier molecular flexibility index (Phi) is 3.01. The Bertz CT molecular complexity index is 616. The fourth-order valence-corrected chi connectivity index (χ4v) is 1.85. The third-order valence-electron chi connectivity index (χ3n) is 2.75. The molecule has 3 heterocycles. The predicted molar refractivity (Wildman–Crippen MR) is 64.9 cm³/mol. The molecule has 18 heavy (non-hydrogen) atoms. The van der Waals surface area contributed by atoms with E-state index in [1.54, 1.807) is 0 Å². The van der Waals surface area contributed by atoms with Gasteiger partial charge in [0.25, 0.3) is 0 Å². The molecule has 0 aromatic carbocycles. The van der Waals surface area contributed by atoms with Crippen molar-refractivity contribution in [2.75, 3.05) is 6.54 Å². The lowest BCUT2D eigenvalue weighted by Crippen LogP contribution is -2.17. The van der Waals surface area contributed by atoms with Gasteiger partial charge in [-0.25, -0.2) is 4.52 Å². The highest BCUT2D eigenvalue weighted by Gasteiger charge is 2.03. The zero-order valence-electron chi connectivity index (χ0n) is 9.78. The number of hydrogen-bond acceptors (Lipinski definition) is 5. The molecule has 0 saturated heterocycles. The molecule has 6 heteroatoms. The Morgan fingerprint density at radius 2 is 2.33 bits per heavy atom. The number of aromatic nitrogens is 4. The molecule has 0 unspecified atom stereocenters. The summed E-state index contributed by atoms with van der Waals surface area (Å²) in [7, 11) is 0. The molecule has 0 atom stereocenters. The van der Waals surface area contributed by atoms with Gasteiger partial charge in [0, 0.05) is 31.3 Å². The molecule has 0 aliphatic carbocycles. The van der Waals surface area contributed by atoms with Gasteiger partial charge in [0.2, 0.25) is 6.39 Å². The molecule has 0 aliphatic heterocycles. The molecule has 0 saturated carbocycles. The summed E-state index contributed by atoms with van der Waals surface area (Å²) in [5, 5.41) is 11.4. The van der Waals surface area contributed by atoms with Crippen molar-refractivity contribution in [3.8, 4) is 0 Å². The van der Waals surface area contributed by atoms with Crippen LogP contribution in [0.3, 0.4) is 0 Å². The number of nitrogens with one attached hydrogen (secondary N) is 1. The van der Waals surface area contributed by atoms with Crippen molar-refractivity contribution in [1.82, 2.24) is 25.1 Å². The molecule has 0 bridgehead atoms. The quantitative estimate of drug-likeness (QED) is 0.678. The second kappa shape index (κ2) is 4.97. The van der Waals surface area contributed by atoms with Crippen LogP contribution in [0.15, 0.2) is 41.5 Å². The molecule has 92 valence electrons. The zero-order valence-corrected chi connectivity index (χ0v) is 9.78. The summed E-state index contributed by atoms with van der Waals surface area (Å²) in [5.74, 6) is 0.724. The molecule has 3 aromatic rings. The van der Waals surface area contributed by atoms with Crippen LogP contribution in [0.4, 0.5) is 0 Å². The van der Waals surface area contributed by atoms with Crippen LogP contribution in [-0.2, 0) is 13.0 Å². The molecule has 0 spiro atoms. The average molecular weight is 243 g/mol. The summed E-state index contributed by atoms with van der Waals surface area (Å²) < 4.78 is 6.54. The molecule has 0 aliphatic rings. The minimum atomic E-state index is 0.724. The SMILES string of the molecule is c1ccn2ncc(CNCCc3ncon3)c2c1. The number of pyridine rings is 1. The van der Waals surface area contributed by atoms with Crippen LogP contribution in [0.25, 0.3) is 5.52 Å². The van der Waals surface area contributed by atoms with Gasteiger partial charge >= 0.3 is 0 Å². The van der Waals surface area contributed by atoms with Gasteiger partial charge in [-0.2, -0.15) is 10.1 Å². The highest BCUT2D eigenvalue weighted by atomic mass is 16.5. The Hall–Kier alpha value is -2.21. The summed E-state index contributed by atoms with van der Waals surface area (Å²) >= 11 is 0. The summed E-state index contributed by atoms with van der Waals surface area (Å²) in [6, 6.07) is 6.04. The van der Waals surface area contributed by atoms with E-state index in [0.717, 1.165) is 30.9 Å². The van der Waals surface area contributed by atoms with Gasteiger partial charge in [-0.3, -0.25) is 0 Å². The maximum absolute atomic E-state index is 4.67. The minimum Gasteiger partial charge on any atom is -0.343 e. The Balaban J connectivity index is 1.57. The number of fused-ring (bicyclic) bond motifs is 1. The molecule has 0 radical (unpaired) electrons. The third kappa shape index (κ3) is 2.23. The smallest absolute Gasteiger partial charge is 0.213 e. The summed E-state index contributed by atoms with van der Waals surface area (Å²) in [6.07, 6.45) is 5.94. The highest BCUT2D eigenvalue weighted by molar-refractivity contribution is 5.53. The fraction of sp³-hybridized carbons (Fsp3) is 0.250. The molecule has 0 fully saturated rings. The molecule has 0 amide bonds. The standard InChI is InChI=1S/C12H13N5O/c1-2-6-17-11(3-1)10(8-15-17)7-13-5-4-12-14-9-18-16-12/h1-3,6,8-9,13H,4-5,7H2. The van der Waals surface area contributed by atoms with Crippen molar-refractivity contribution < 1.29 is 4.52 Å². The van der Waals surface area contributed by atoms with E-state index in [4.69, 9.17) is 0 Å². The van der Waals surface area contributed by atoms with Gasteiger partial charge in [-0.15, -0.1) is 0 Å². The van der Waals surface area contributed by atoms with Gasteiger partial charge in [0.15, 0.2) is 5.82 Å². The van der Waals surface area contributed by atoms with E-state index in [1.807, 2.05) is 29.0 Å². The van der Waals surface area contributed by atoms with E-state index in [-0.39, 0.29) is 0 Å². The lowest BCUT2D eigenvalue weighted by atomic mass is 10.2. The summed E-state index contributed by atoms with van der Waals surface area (Å²) in [5.41, 5.74) is 2.31. The monoisotopic (exact) mass is 243 g/mol. The largest absolute Gasteiger partial charge is 0.343 e. The normalized spacial score (nSPS) is 11.1. The van der Waals surface area contributed by atoms with Gasteiger partial charge < -0.3 is 9.84 Å².